The fourth-order valence-corrected chi connectivity index (χ4v) is 4.92. The lowest BCUT2D eigenvalue weighted by molar-refractivity contribution is -0.123. The number of nitrogens with zero attached hydrogens (tertiary/aromatic N) is 2. The molecule has 4 rings (SSSR count). The van der Waals surface area contributed by atoms with E-state index in [9.17, 15) is 9.59 Å². The third kappa shape index (κ3) is 4.69. The second kappa shape index (κ2) is 8.71. The maximum absolute atomic E-state index is 13.0. The van der Waals surface area contributed by atoms with Gasteiger partial charge in [-0.3, -0.25) is 14.5 Å². The number of aryl methyl sites for hydroxylation is 2. The monoisotopic (exact) mass is 458 g/mol. The van der Waals surface area contributed by atoms with Crippen molar-refractivity contribution in [2.45, 2.75) is 53.5 Å². The summed E-state index contributed by atoms with van der Waals surface area (Å²) in [5, 5.41) is -0.224. The van der Waals surface area contributed by atoms with Crippen LogP contribution in [0.25, 0.3) is 11.8 Å². The standard InChI is InChI=1S/C28H30N2O2S/c1-18-7-9-21(10-8-18)17-29-26(31)25(33-27(29)32)16-22-15-19(2)30(20(22)3)24-13-11-23(12-14-24)28(4,5)6/h7-16H,17H2,1-6H3/b25-16-. The molecule has 0 N–H and O–H groups in total. The number of imide groups is 1. The predicted octanol–water partition coefficient (Wildman–Crippen LogP) is 6.94. The Hall–Kier alpha value is -3.05. The fraction of sp³-hybridized carbons (Fsp3) is 0.286. The number of aromatic nitrogens is 1. The number of amides is 2. The highest BCUT2D eigenvalue weighted by molar-refractivity contribution is 8.18. The molecule has 0 unspecified atom stereocenters. The summed E-state index contributed by atoms with van der Waals surface area (Å²) in [6, 6.07) is 18.6. The third-order valence-electron chi connectivity index (χ3n) is 6.08. The van der Waals surface area contributed by atoms with Crippen LogP contribution in [0.1, 0.15) is 54.4 Å². The zero-order valence-corrected chi connectivity index (χ0v) is 20.9. The van der Waals surface area contributed by atoms with Crippen LogP contribution >= 0.6 is 11.8 Å². The Bertz CT molecular complexity index is 1240. The van der Waals surface area contributed by atoms with Crippen molar-refractivity contribution >= 4 is 29.0 Å². The van der Waals surface area contributed by atoms with Gasteiger partial charge in [-0.1, -0.05) is 62.7 Å². The van der Waals surface area contributed by atoms with E-state index in [0.717, 1.165) is 45.5 Å². The molecule has 0 atom stereocenters. The Kier molecular flexibility index (Phi) is 6.10. The van der Waals surface area contributed by atoms with E-state index in [1.165, 1.54) is 10.5 Å². The Morgan fingerprint density at radius 2 is 1.55 bits per heavy atom. The van der Waals surface area contributed by atoms with Crippen molar-refractivity contribution in [3.8, 4) is 5.69 Å². The molecule has 1 fully saturated rings. The van der Waals surface area contributed by atoms with E-state index in [2.05, 4.69) is 62.6 Å². The molecule has 5 heteroatoms. The molecular weight excluding hydrogens is 428 g/mol. The van der Waals surface area contributed by atoms with Crippen LogP contribution < -0.4 is 0 Å². The van der Waals surface area contributed by atoms with Crippen molar-refractivity contribution in [2.24, 2.45) is 0 Å². The number of carbonyl (C=O) groups excluding carboxylic acids is 2. The van der Waals surface area contributed by atoms with Gasteiger partial charge >= 0.3 is 0 Å². The minimum atomic E-state index is -0.232. The summed E-state index contributed by atoms with van der Waals surface area (Å²) < 4.78 is 2.19. The molecule has 0 aliphatic carbocycles. The molecule has 33 heavy (non-hydrogen) atoms. The van der Waals surface area contributed by atoms with Gasteiger partial charge < -0.3 is 4.57 Å². The van der Waals surface area contributed by atoms with E-state index in [4.69, 9.17) is 0 Å². The van der Waals surface area contributed by atoms with Gasteiger partial charge in [-0.15, -0.1) is 0 Å². The number of benzene rings is 2. The quantitative estimate of drug-likeness (QED) is 0.398. The Labute approximate surface area is 200 Å². The van der Waals surface area contributed by atoms with Gasteiger partial charge in [-0.05, 0) is 78.9 Å². The smallest absolute Gasteiger partial charge is 0.293 e. The van der Waals surface area contributed by atoms with Crippen LogP contribution in [0.4, 0.5) is 4.79 Å². The summed E-state index contributed by atoms with van der Waals surface area (Å²) in [7, 11) is 0. The first-order valence-corrected chi connectivity index (χ1v) is 12.0. The molecule has 1 saturated heterocycles. The highest BCUT2D eigenvalue weighted by Crippen LogP contribution is 2.35. The van der Waals surface area contributed by atoms with Gasteiger partial charge in [0.25, 0.3) is 11.1 Å². The second-order valence-corrected chi connectivity index (χ2v) is 10.7. The highest BCUT2D eigenvalue weighted by Gasteiger charge is 2.35. The maximum Gasteiger partial charge on any atom is 0.293 e. The van der Waals surface area contributed by atoms with Gasteiger partial charge in [-0.25, -0.2) is 0 Å². The van der Waals surface area contributed by atoms with E-state index in [1.54, 1.807) is 0 Å². The average Bonchev–Trinajstić information content (AvgIpc) is 3.18. The zero-order chi connectivity index (χ0) is 23.9. The Balaban J connectivity index is 1.60. The van der Waals surface area contributed by atoms with E-state index < -0.39 is 0 Å². The van der Waals surface area contributed by atoms with Crippen LogP contribution in [-0.4, -0.2) is 20.6 Å². The predicted molar refractivity (Wildman–Crippen MR) is 137 cm³/mol. The summed E-state index contributed by atoms with van der Waals surface area (Å²) in [5.74, 6) is -0.232. The lowest BCUT2D eigenvalue weighted by Gasteiger charge is -2.20. The first-order valence-electron chi connectivity index (χ1n) is 11.2. The van der Waals surface area contributed by atoms with Crippen LogP contribution in [0.5, 0.6) is 0 Å². The number of hydrogen-bond acceptors (Lipinski definition) is 3. The van der Waals surface area contributed by atoms with E-state index in [0.29, 0.717) is 11.4 Å². The zero-order valence-electron chi connectivity index (χ0n) is 20.1. The van der Waals surface area contributed by atoms with Crippen molar-refractivity contribution in [1.82, 2.24) is 9.47 Å². The summed E-state index contributed by atoms with van der Waals surface area (Å²) in [6.07, 6.45) is 1.85. The highest BCUT2D eigenvalue weighted by atomic mass is 32.2. The molecule has 1 aliphatic heterocycles. The molecule has 1 aliphatic rings. The molecule has 170 valence electrons. The van der Waals surface area contributed by atoms with Crippen molar-refractivity contribution in [3.05, 3.63) is 93.1 Å². The average molecular weight is 459 g/mol. The van der Waals surface area contributed by atoms with Gasteiger partial charge in [0.1, 0.15) is 0 Å². The van der Waals surface area contributed by atoms with Gasteiger partial charge in [-0.2, -0.15) is 0 Å². The van der Waals surface area contributed by atoms with Crippen molar-refractivity contribution in [3.63, 3.8) is 0 Å². The number of hydrogen-bond donors (Lipinski definition) is 0. The summed E-state index contributed by atoms with van der Waals surface area (Å²) in [6.45, 7) is 13.0. The molecule has 0 bridgehead atoms. The van der Waals surface area contributed by atoms with Crippen LogP contribution in [0, 0.1) is 20.8 Å². The minimum Gasteiger partial charge on any atom is -0.318 e. The van der Waals surface area contributed by atoms with E-state index >= 15 is 0 Å². The molecule has 0 saturated carbocycles. The summed E-state index contributed by atoms with van der Waals surface area (Å²) >= 11 is 1.01. The lowest BCUT2D eigenvalue weighted by atomic mass is 9.87. The molecule has 1 aromatic heterocycles. The summed E-state index contributed by atoms with van der Waals surface area (Å²) in [4.78, 5) is 27.4. The second-order valence-electron chi connectivity index (χ2n) is 9.71. The van der Waals surface area contributed by atoms with E-state index in [1.807, 2.05) is 44.2 Å². The van der Waals surface area contributed by atoms with Gasteiger partial charge in [0.2, 0.25) is 0 Å². The van der Waals surface area contributed by atoms with Crippen molar-refractivity contribution in [1.29, 1.82) is 0 Å². The van der Waals surface area contributed by atoms with Crippen LogP contribution in [0.3, 0.4) is 0 Å². The largest absolute Gasteiger partial charge is 0.318 e. The lowest BCUT2D eigenvalue weighted by Crippen LogP contribution is -2.27. The number of rotatable bonds is 4. The number of carbonyl (C=O) groups is 2. The van der Waals surface area contributed by atoms with Crippen molar-refractivity contribution in [2.75, 3.05) is 0 Å². The van der Waals surface area contributed by atoms with Crippen LogP contribution in [-0.2, 0) is 16.8 Å². The maximum atomic E-state index is 13.0. The van der Waals surface area contributed by atoms with Gasteiger partial charge in [0.05, 0.1) is 11.4 Å². The van der Waals surface area contributed by atoms with Gasteiger partial charge in [0, 0.05) is 17.1 Å². The first kappa shape index (κ1) is 23.1. The fourth-order valence-electron chi connectivity index (χ4n) is 4.10. The van der Waals surface area contributed by atoms with E-state index in [-0.39, 0.29) is 16.6 Å². The molecule has 0 spiro atoms. The van der Waals surface area contributed by atoms with Crippen LogP contribution in [0.2, 0.25) is 0 Å². The van der Waals surface area contributed by atoms with Gasteiger partial charge in [0.15, 0.2) is 0 Å². The molecule has 2 aromatic carbocycles. The Morgan fingerprint density at radius 3 is 2.15 bits per heavy atom. The topological polar surface area (TPSA) is 42.3 Å². The van der Waals surface area contributed by atoms with Crippen LogP contribution in [0.15, 0.2) is 59.5 Å². The normalized spacial score (nSPS) is 15.7. The molecule has 2 amide bonds. The van der Waals surface area contributed by atoms with Crippen molar-refractivity contribution < 1.29 is 9.59 Å². The Morgan fingerprint density at radius 1 is 0.909 bits per heavy atom. The third-order valence-corrected chi connectivity index (χ3v) is 6.99. The molecule has 4 nitrogen and oxygen atoms in total. The number of thioether (sulfide) groups is 1. The summed E-state index contributed by atoms with van der Waals surface area (Å²) in [5.41, 5.74) is 7.65. The molecule has 0 radical (unpaired) electrons. The molecule has 2 heterocycles. The minimum absolute atomic E-state index is 0.103. The SMILES string of the molecule is Cc1ccc(CN2C(=O)S/C(=C\c3cc(C)n(-c4ccc(C(C)(C)C)cc4)c3C)C2=O)cc1. The molecule has 3 aromatic rings. The first-order chi connectivity index (χ1) is 15.5. The molecular formula is C28H30N2O2S.